The van der Waals surface area contributed by atoms with Crippen LogP contribution in [0, 0.1) is 0 Å². The van der Waals surface area contributed by atoms with Gasteiger partial charge < -0.3 is 5.11 Å². The van der Waals surface area contributed by atoms with E-state index >= 15 is 0 Å². The van der Waals surface area contributed by atoms with Gasteiger partial charge in [0.05, 0.1) is 6.20 Å². The van der Waals surface area contributed by atoms with Gasteiger partial charge in [0.15, 0.2) is 5.03 Å². The van der Waals surface area contributed by atoms with Crippen molar-refractivity contribution in [1.82, 2.24) is 14.5 Å². The topological polar surface area (TPSA) is 101 Å². The molecule has 0 spiro atoms. The molecule has 1 aromatic heterocycles. The van der Waals surface area contributed by atoms with Crippen molar-refractivity contribution in [3.8, 4) is 0 Å². The van der Waals surface area contributed by atoms with Crippen LogP contribution in [0.2, 0.25) is 0 Å². The molecule has 1 rings (SSSR count). The molecule has 0 aliphatic carbocycles. The average Bonchev–Trinajstić information content (AvgIpc) is 2.61. The highest BCUT2D eigenvalue weighted by molar-refractivity contribution is 7.89. The van der Waals surface area contributed by atoms with E-state index in [1.54, 1.807) is 6.92 Å². The van der Waals surface area contributed by atoms with Gasteiger partial charge >= 0.3 is 5.97 Å². The van der Waals surface area contributed by atoms with Gasteiger partial charge in [-0.25, -0.2) is 8.42 Å². The second-order valence-electron chi connectivity index (χ2n) is 3.21. The Morgan fingerprint density at radius 2 is 2.31 bits per heavy atom. The van der Waals surface area contributed by atoms with Crippen molar-refractivity contribution >= 4 is 16.0 Å². The maximum absolute atomic E-state index is 11.8. The molecule has 0 aromatic carbocycles. The average molecular weight is 247 g/mol. The molecule has 0 fully saturated rings. The van der Waals surface area contributed by atoms with Crippen molar-refractivity contribution in [1.29, 1.82) is 0 Å². The highest BCUT2D eigenvalue weighted by atomic mass is 32.2. The molecule has 0 aliphatic rings. The summed E-state index contributed by atoms with van der Waals surface area (Å²) in [5.74, 6) is -1.20. The van der Waals surface area contributed by atoms with Crippen LogP contribution in [0.15, 0.2) is 17.3 Å². The summed E-state index contributed by atoms with van der Waals surface area (Å²) < 4.78 is 26.8. The normalized spacial score (nSPS) is 13.6. The van der Waals surface area contributed by atoms with E-state index in [1.165, 1.54) is 19.3 Å². The van der Waals surface area contributed by atoms with E-state index < -0.39 is 22.0 Å². The summed E-state index contributed by atoms with van der Waals surface area (Å²) in [5.41, 5.74) is 0. The number of carbonyl (C=O) groups is 1. The van der Waals surface area contributed by atoms with Crippen molar-refractivity contribution in [2.45, 2.75) is 24.4 Å². The third-order valence-corrected chi connectivity index (χ3v) is 3.60. The van der Waals surface area contributed by atoms with E-state index in [4.69, 9.17) is 5.11 Å². The third kappa shape index (κ3) is 2.58. The lowest BCUT2D eigenvalue weighted by molar-refractivity contribution is -0.139. The molecule has 1 aromatic rings. The molecule has 0 bridgehead atoms. The van der Waals surface area contributed by atoms with Crippen LogP contribution in [0.4, 0.5) is 0 Å². The van der Waals surface area contributed by atoms with E-state index in [1.807, 2.05) is 0 Å². The zero-order valence-electron chi connectivity index (χ0n) is 8.91. The highest BCUT2D eigenvalue weighted by Gasteiger charge is 2.25. The quantitative estimate of drug-likeness (QED) is 0.734. The van der Waals surface area contributed by atoms with Gasteiger partial charge in [-0.2, -0.15) is 9.82 Å². The maximum Gasteiger partial charge on any atom is 0.321 e. The number of nitrogens with zero attached hydrogens (tertiary/aromatic N) is 2. The summed E-state index contributed by atoms with van der Waals surface area (Å²) in [6, 6.07) is 0.177. The molecule has 0 radical (unpaired) electrons. The Balaban J connectivity index is 2.97. The van der Waals surface area contributed by atoms with Crippen LogP contribution in [0.3, 0.4) is 0 Å². The SMILES string of the molecule is CCC(NS(=O)(=O)c1ccnn1C)C(=O)O. The predicted molar refractivity (Wildman–Crippen MR) is 55.2 cm³/mol. The van der Waals surface area contributed by atoms with E-state index in [-0.39, 0.29) is 11.4 Å². The fourth-order valence-electron chi connectivity index (χ4n) is 1.18. The molecule has 2 N–H and O–H groups in total. The third-order valence-electron chi connectivity index (χ3n) is 2.06. The molecular formula is C8H13N3O4S. The van der Waals surface area contributed by atoms with Gasteiger partial charge in [-0.05, 0) is 12.5 Å². The van der Waals surface area contributed by atoms with Gasteiger partial charge in [0.2, 0.25) is 0 Å². The fourth-order valence-corrected chi connectivity index (χ4v) is 2.58. The Hall–Kier alpha value is -1.41. The summed E-state index contributed by atoms with van der Waals surface area (Å²) in [6.45, 7) is 1.59. The lowest BCUT2D eigenvalue weighted by Crippen LogP contribution is -2.40. The molecule has 16 heavy (non-hydrogen) atoms. The zero-order chi connectivity index (χ0) is 12.3. The van der Waals surface area contributed by atoms with Gasteiger partial charge in [-0.3, -0.25) is 9.48 Å². The van der Waals surface area contributed by atoms with Crippen molar-refractivity contribution in [2.75, 3.05) is 0 Å². The highest BCUT2D eigenvalue weighted by Crippen LogP contribution is 2.07. The van der Waals surface area contributed by atoms with Crippen molar-refractivity contribution in [3.63, 3.8) is 0 Å². The molecule has 0 saturated carbocycles. The molecule has 1 unspecified atom stereocenters. The van der Waals surface area contributed by atoms with Gasteiger partial charge in [-0.15, -0.1) is 0 Å². The first-order valence-corrected chi connectivity index (χ1v) is 6.10. The first kappa shape index (κ1) is 12.7. The Morgan fingerprint density at radius 3 is 2.69 bits per heavy atom. The maximum atomic E-state index is 11.8. The number of nitrogens with one attached hydrogen (secondary N) is 1. The minimum Gasteiger partial charge on any atom is -0.480 e. The van der Waals surface area contributed by atoms with Crippen LogP contribution in [0.5, 0.6) is 0 Å². The van der Waals surface area contributed by atoms with Gasteiger partial charge in [-0.1, -0.05) is 6.92 Å². The molecule has 7 nitrogen and oxygen atoms in total. The number of hydrogen-bond acceptors (Lipinski definition) is 4. The molecule has 0 aliphatic heterocycles. The summed E-state index contributed by atoms with van der Waals surface area (Å²) in [6.07, 6.45) is 1.50. The molecule has 90 valence electrons. The van der Waals surface area contributed by atoms with Crippen LogP contribution >= 0.6 is 0 Å². The standard InChI is InChI=1S/C8H13N3O4S/c1-3-6(8(12)13)10-16(14,15)7-4-5-9-11(7)2/h4-6,10H,3H2,1-2H3,(H,12,13). The molecule has 0 amide bonds. The van der Waals surface area contributed by atoms with Crippen LogP contribution in [-0.2, 0) is 21.9 Å². The Kier molecular flexibility index (Phi) is 3.66. The summed E-state index contributed by atoms with van der Waals surface area (Å²) in [4.78, 5) is 10.7. The molecule has 0 saturated heterocycles. The Bertz CT molecular complexity index is 479. The summed E-state index contributed by atoms with van der Waals surface area (Å²) in [7, 11) is -2.37. The first-order valence-electron chi connectivity index (χ1n) is 4.61. The number of carboxylic acids is 1. The summed E-state index contributed by atoms with van der Waals surface area (Å²) >= 11 is 0. The first-order chi connectivity index (χ1) is 7.38. The van der Waals surface area contributed by atoms with E-state index in [0.717, 1.165) is 4.68 Å². The predicted octanol–water partition coefficient (Wildman–Crippen LogP) is -0.438. The Labute approximate surface area is 93.1 Å². The van der Waals surface area contributed by atoms with Crippen molar-refractivity contribution in [2.24, 2.45) is 7.05 Å². The van der Waals surface area contributed by atoms with Crippen LogP contribution in [0.1, 0.15) is 13.3 Å². The van der Waals surface area contributed by atoms with Crippen LogP contribution < -0.4 is 4.72 Å². The monoisotopic (exact) mass is 247 g/mol. The lowest BCUT2D eigenvalue weighted by Gasteiger charge is -2.12. The Morgan fingerprint density at radius 1 is 1.69 bits per heavy atom. The number of carboxylic acid groups (broad SMARTS) is 1. The zero-order valence-corrected chi connectivity index (χ0v) is 9.73. The number of sulfonamides is 1. The van der Waals surface area contributed by atoms with Gasteiger partial charge in [0.25, 0.3) is 10.0 Å². The second-order valence-corrected chi connectivity index (χ2v) is 4.87. The van der Waals surface area contributed by atoms with E-state index in [2.05, 4.69) is 9.82 Å². The smallest absolute Gasteiger partial charge is 0.321 e. The van der Waals surface area contributed by atoms with Gasteiger partial charge in [0.1, 0.15) is 6.04 Å². The number of aromatic nitrogens is 2. The number of aliphatic carboxylic acids is 1. The minimum atomic E-state index is -3.83. The molecule has 8 heteroatoms. The second kappa shape index (κ2) is 4.62. The number of aryl methyl sites for hydroxylation is 1. The van der Waals surface area contributed by atoms with E-state index in [0.29, 0.717) is 0 Å². The summed E-state index contributed by atoms with van der Waals surface area (Å²) in [5, 5.41) is 12.4. The van der Waals surface area contributed by atoms with Crippen LogP contribution in [-0.4, -0.2) is 35.3 Å². The van der Waals surface area contributed by atoms with Crippen LogP contribution in [0.25, 0.3) is 0 Å². The molecule has 1 heterocycles. The largest absolute Gasteiger partial charge is 0.480 e. The number of hydrogen-bond donors (Lipinski definition) is 2. The fraction of sp³-hybridized carbons (Fsp3) is 0.500. The van der Waals surface area contributed by atoms with Crippen molar-refractivity contribution in [3.05, 3.63) is 12.3 Å². The molecular weight excluding hydrogens is 234 g/mol. The number of rotatable bonds is 5. The molecule has 1 atom stereocenters. The van der Waals surface area contributed by atoms with Gasteiger partial charge in [0, 0.05) is 7.05 Å². The van der Waals surface area contributed by atoms with Crippen molar-refractivity contribution < 1.29 is 18.3 Å². The van der Waals surface area contributed by atoms with E-state index in [9.17, 15) is 13.2 Å². The minimum absolute atomic E-state index is 0.0628. The lowest BCUT2D eigenvalue weighted by atomic mass is 10.2.